The van der Waals surface area contributed by atoms with Crippen molar-refractivity contribution in [3.63, 3.8) is 0 Å². The van der Waals surface area contributed by atoms with Gasteiger partial charge in [-0.1, -0.05) is 0 Å². The van der Waals surface area contributed by atoms with Crippen molar-refractivity contribution in [2.75, 3.05) is 5.73 Å². The van der Waals surface area contributed by atoms with Gasteiger partial charge in [-0.2, -0.15) is 0 Å². The van der Waals surface area contributed by atoms with E-state index in [4.69, 9.17) is 11.5 Å². The Kier molecular flexibility index (Phi) is 2.40. The van der Waals surface area contributed by atoms with Crippen LogP contribution in [-0.4, -0.2) is 16.1 Å². The quantitative estimate of drug-likeness (QED) is 0.632. The number of aliphatic hydroxyl groups is 1. The molecule has 5 N–H and O–H groups in total. The molecule has 1 saturated carbocycles. The van der Waals surface area contributed by atoms with Crippen molar-refractivity contribution in [1.82, 2.24) is 4.98 Å². The van der Waals surface area contributed by atoms with E-state index in [1.807, 2.05) is 13.0 Å². The molecule has 0 saturated heterocycles. The fourth-order valence-electron chi connectivity index (χ4n) is 2.47. The highest BCUT2D eigenvalue weighted by Gasteiger charge is 2.39. The summed E-state index contributed by atoms with van der Waals surface area (Å²) in [7, 11) is 0. The Morgan fingerprint density at radius 3 is 2.87 bits per heavy atom. The first kappa shape index (κ1) is 10.4. The number of hydrogen-bond donors (Lipinski definition) is 3. The first-order chi connectivity index (χ1) is 7.03. The van der Waals surface area contributed by atoms with Crippen LogP contribution in [0.3, 0.4) is 0 Å². The summed E-state index contributed by atoms with van der Waals surface area (Å²) in [5.74, 6) is 0.423. The maximum atomic E-state index is 10.5. The number of aryl methyl sites for hydroxylation is 1. The number of anilines is 1. The second-order valence-electron chi connectivity index (χ2n) is 4.42. The molecule has 1 aliphatic rings. The Balaban J connectivity index is 2.45. The zero-order chi connectivity index (χ0) is 11.1. The second-order valence-corrected chi connectivity index (χ2v) is 4.42. The van der Waals surface area contributed by atoms with Gasteiger partial charge in [0.2, 0.25) is 0 Å². The van der Waals surface area contributed by atoms with Gasteiger partial charge in [0.15, 0.2) is 0 Å². The SMILES string of the molecule is Cc1ccnc(N)c1C1(O)CCC(N)C1. The zero-order valence-electron chi connectivity index (χ0n) is 8.90. The standard InChI is InChI=1S/C11H17N3O/c1-7-3-5-14-10(13)9(7)11(15)4-2-8(12)6-11/h3,5,8,15H,2,4,6,12H2,1H3,(H2,13,14). The van der Waals surface area contributed by atoms with E-state index in [0.29, 0.717) is 18.7 Å². The second kappa shape index (κ2) is 3.47. The molecule has 1 aromatic rings. The zero-order valence-corrected chi connectivity index (χ0v) is 8.90. The van der Waals surface area contributed by atoms with Gasteiger partial charge in [0, 0.05) is 17.8 Å². The molecule has 4 heteroatoms. The molecule has 0 aromatic carbocycles. The highest BCUT2D eigenvalue weighted by atomic mass is 16.3. The Morgan fingerprint density at radius 2 is 2.33 bits per heavy atom. The summed E-state index contributed by atoms with van der Waals surface area (Å²) in [6.45, 7) is 1.94. The van der Waals surface area contributed by atoms with Crippen LogP contribution in [0.1, 0.15) is 30.4 Å². The van der Waals surface area contributed by atoms with Crippen molar-refractivity contribution >= 4 is 5.82 Å². The minimum Gasteiger partial charge on any atom is -0.385 e. The van der Waals surface area contributed by atoms with Gasteiger partial charge in [0.25, 0.3) is 0 Å². The van der Waals surface area contributed by atoms with Crippen molar-refractivity contribution in [1.29, 1.82) is 0 Å². The minimum atomic E-state index is -0.873. The lowest BCUT2D eigenvalue weighted by Crippen LogP contribution is -2.27. The molecule has 0 spiro atoms. The molecule has 2 atom stereocenters. The number of aromatic nitrogens is 1. The average molecular weight is 207 g/mol. The van der Waals surface area contributed by atoms with Gasteiger partial charge in [-0.15, -0.1) is 0 Å². The minimum absolute atomic E-state index is 0.0639. The number of rotatable bonds is 1. The lowest BCUT2D eigenvalue weighted by Gasteiger charge is -2.25. The highest BCUT2D eigenvalue weighted by Crippen LogP contribution is 2.41. The van der Waals surface area contributed by atoms with E-state index in [9.17, 15) is 5.11 Å². The molecule has 0 aliphatic heterocycles. The summed E-state index contributed by atoms with van der Waals surface area (Å²) in [6.07, 6.45) is 3.74. The largest absolute Gasteiger partial charge is 0.385 e. The smallest absolute Gasteiger partial charge is 0.129 e. The van der Waals surface area contributed by atoms with Crippen molar-refractivity contribution in [2.45, 2.75) is 37.8 Å². The van der Waals surface area contributed by atoms with Gasteiger partial charge in [-0.3, -0.25) is 0 Å². The lowest BCUT2D eigenvalue weighted by molar-refractivity contribution is 0.0430. The van der Waals surface area contributed by atoms with Crippen LogP contribution in [0.15, 0.2) is 12.3 Å². The van der Waals surface area contributed by atoms with Crippen LogP contribution in [0.2, 0.25) is 0 Å². The summed E-state index contributed by atoms with van der Waals surface area (Å²) < 4.78 is 0. The molecule has 82 valence electrons. The maximum absolute atomic E-state index is 10.5. The summed E-state index contributed by atoms with van der Waals surface area (Å²) in [6, 6.07) is 1.93. The number of hydrogen-bond acceptors (Lipinski definition) is 4. The number of nitrogens with two attached hydrogens (primary N) is 2. The van der Waals surface area contributed by atoms with Crippen LogP contribution in [-0.2, 0) is 5.60 Å². The highest BCUT2D eigenvalue weighted by molar-refractivity contribution is 5.48. The molecular weight excluding hydrogens is 190 g/mol. The van der Waals surface area contributed by atoms with Gasteiger partial charge < -0.3 is 16.6 Å². The van der Waals surface area contributed by atoms with Crippen LogP contribution in [0.4, 0.5) is 5.82 Å². The van der Waals surface area contributed by atoms with Crippen molar-refractivity contribution in [3.05, 3.63) is 23.4 Å². The summed E-state index contributed by atoms with van der Waals surface area (Å²) in [5, 5.41) is 10.5. The van der Waals surface area contributed by atoms with Gasteiger partial charge in [0.1, 0.15) is 5.82 Å². The molecule has 1 heterocycles. The average Bonchev–Trinajstić information content (AvgIpc) is 2.46. The fourth-order valence-corrected chi connectivity index (χ4v) is 2.47. The van der Waals surface area contributed by atoms with Gasteiger partial charge >= 0.3 is 0 Å². The predicted molar refractivity (Wildman–Crippen MR) is 59.1 cm³/mol. The van der Waals surface area contributed by atoms with E-state index in [2.05, 4.69) is 4.98 Å². The molecule has 0 radical (unpaired) electrons. The Bertz CT molecular complexity index is 360. The molecule has 1 aliphatic carbocycles. The van der Waals surface area contributed by atoms with Crippen molar-refractivity contribution in [3.8, 4) is 0 Å². The van der Waals surface area contributed by atoms with Crippen LogP contribution >= 0.6 is 0 Å². The molecule has 4 nitrogen and oxygen atoms in total. The first-order valence-electron chi connectivity index (χ1n) is 5.22. The van der Waals surface area contributed by atoms with Gasteiger partial charge in [0.05, 0.1) is 5.60 Å². The normalized spacial score (nSPS) is 30.7. The molecule has 2 rings (SSSR count). The van der Waals surface area contributed by atoms with Crippen LogP contribution in [0.5, 0.6) is 0 Å². The van der Waals surface area contributed by atoms with E-state index in [-0.39, 0.29) is 6.04 Å². The van der Waals surface area contributed by atoms with E-state index >= 15 is 0 Å². The third-order valence-corrected chi connectivity index (χ3v) is 3.18. The van der Waals surface area contributed by atoms with E-state index in [0.717, 1.165) is 17.5 Å². The third-order valence-electron chi connectivity index (χ3n) is 3.18. The summed E-state index contributed by atoms with van der Waals surface area (Å²) in [5.41, 5.74) is 12.5. The predicted octanol–water partition coefficient (Wildman–Crippen LogP) is 0.671. The molecule has 2 unspecified atom stereocenters. The number of pyridine rings is 1. The fraction of sp³-hybridized carbons (Fsp3) is 0.545. The molecule has 0 amide bonds. The van der Waals surface area contributed by atoms with Gasteiger partial charge in [-0.05, 0) is 37.8 Å². The molecule has 1 fully saturated rings. The topological polar surface area (TPSA) is 85.2 Å². The lowest BCUT2D eigenvalue weighted by atomic mass is 9.89. The Hall–Kier alpha value is -1.13. The van der Waals surface area contributed by atoms with Crippen LogP contribution in [0, 0.1) is 6.92 Å². The maximum Gasteiger partial charge on any atom is 0.129 e. The molecule has 1 aromatic heterocycles. The summed E-state index contributed by atoms with van der Waals surface area (Å²) in [4.78, 5) is 4.03. The molecule has 15 heavy (non-hydrogen) atoms. The monoisotopic (exact) mass is 207 g/mol. The van der Waals surface area contributed by atoms with Crippen molar-refractivity contribution < 1.29 is 5.11 Å². The third kappa shape index (κ3) is 1.70. The van der Waals surface area contributed by atoms with Crippen molar-refractivity contribution in [2.24, 2.45) is 5.73 Å². The number of nitrogen functional groups attached to an aromatic ring is 1. The number of nitrogens with zero attached hydrogens (tertiary/aromatic N) is 1. The van der Waals surface area contributed by atoms with Crippen LogP contribution < -0.4 is 11.5 Å². The van der Waals surface area contributed by atoms with E-state index in [1.165, 1.54) is 0 Å². The van der Waals surface area contributed by atoms with E-state index in [1.54, 1.807) is 6.20 Å². The van der Waals surface area contributed by atoms with E-state index < -0.39 is 5.60 Å². The summed E-state index contributed by atoms with van der Waals surface area (Å²) >= 11 is 0. The molecular formula is C11H17N3O. The first-order valence-corrected chi connectivity index (χ1v) is 5.22. The van der Waals surface area contributed by atoms with Gasteiger partial charge in [-0.25, -0.2) is 4.98 Å². The Morgan fingerprint density at radius 1 is 1.60 bits per heavy atom. The van der Waals surface area contributed by atoms with Crippen LogP contribution in [0.25, 0.3) is 0 Å². The molecule has 0 bridgehead atoms. The Labute approximate surface area is 89.3 Å².